The van der Waals surface area contributed by atoms with Gasteiger partial charge in [-0.25, -0.2) is 0 Å². The van der Waals surface area contributed by atoms with Crippen LogP contribution in [0.3, 0.4) is 0 Å². The van der Waals surface area contributed by atoms with E-state index in [4.69, 9.17) is 5.11 Å². The average Bonchev–Trinajstić information content (AvgIpc) is 2.70. The van der Waals surface area contributed by atoms with Gasteiger partial charge in [0.05, 0.1) is 12.8 Å². The van der Waals surface area contributed by atoms with Crippen LogP contribution in [-0.2, 0) is 19.1 Å². The number of unbranched alkanes of at least 4 members (excludes halogenated alkanes) is 1. The Morgan fingerprint density at radius 2 is 1.37 bits per heavy atom. The molecule has 0 heterocycles. The van der Waals surface area contributed by atoms with Crippen LogP contribution < -0.4 is 0 Å². The van der Waals surface area contributed by atoms with Gasteiger partial charge in [0.15, 0.2) is 0 Å². The number of carbonyl (C=O) groups is 3. The molecular weight excluding hydrogens is 380 g/mol. The van der Waals surface area contributed by atoms with Crippen molar-refractivity contribution in [1.29, 1.82) is 0 Å². The summed E-state index contributed by atoms with van der Waals surface area (Å²) in [6, 6.07) is 0. The summed E-state index contributed by atoms with van der Waals surface area (Å²) in [5, 5.41) is 8.46. The number of hydrogen-bond donors (Lipinski definition) is 1. The van der Waals surface area contributed by atoms with Crippen molar-refractivity contribution in [2.75, 3.05) is 0 Å². The van der Waals surface area contributed by atoms with Gasteiger partial charge in [0.2, 0.25) is 0 Å². The van der Waals surface area contributed by atoms with Crippen molar-refractivity contribution < 1.29 is 24.2 Å². The summed E-state index contributed by atoms with van der Waals surface area (Å²) in [6.07, 6.45) is 25.0. The third-order valence-corrected chi connectivity index (χ3v) is 4.01. The Balaban J connectivity index is 3.77. The predicted molar refractivity (Wildman–Crippen MR) is 121 cm³/mol. The Morgan fingerprint density at radius 1 is 0.767 bits per heavy atom. The SMILES string of the molecule is CCC=CCC=CCC=C(C)CC=CCC=CCCCC(=O)OC(=O)CCC(=O)O. The van der Waals surface area contributed by atoms with Gasteiger partial charge in [0.25, 0.3) is 0 Å². The standard InChI is InChI=1S/C25H36O5/c1-3-4-5-6-8-11-14-17-22(2)18-15-12-9-7-10-13-16-19-24(28)30-25(29)21-20-23(26)27/h4-5,7-8,10-12,15,17H,3,6,9,13-14,16,18-21H2,1-2H3,(H,26,27). The highest BCUT2D eigenvalue weighted by Crippen LogP contribution is 2.05. The third kappa shape index (κ3) is 20.1. The molecule has 0 aromatic rings. The van der Waals surface area contributed by atoms with Gasteiger partial charge in [-0.15, -0.1) is 0 Å². The molecule has 30 heavy (non-hydrogen) atoms. The smallest absolute Gasteiger partial charge is 0.314 e. The average molecular weight is 417 g/mol. The van der Waals surface area contributed by atoms with Crippen LogP contribution in [0.2, 0.25) is 0 Å². The number of carboxylic acid groups (broad SMARTS) is 1. The molecule has 0 aliphatic rings. The minimum Gasteiger partial charge on any atom is -0.481 e. The molecule has 0 amide bonds. The van der Waals surface area contributed by atoms with Crippen LogP contribution in [0.4, 0.5) is 0 Å². The van der Waals surface area contributed by atoms with E-state index in [1.165, 1.54) is 5.57 Å². The van der Waals surface area contributed by atoms with Gasteiger partial charge in [-0.2, -0.15) is 0 Å². The normalized spacial score (nSPS) is 12.5. The first kappa shape index (κ1) is 27.3. The maximum Gasteiger partial charge on any atom is 0.314 e. The highest BCUT2D eigenvalue weighted by Gasteiger charge is 2.11. The van der Waals surface area contributed by atoms with E-state index in [0.717, 1.165) is 38.5 Å². The molecule has 0 rings (SSSR count). The molecule has 0 bridgehead atoms. The summed E-state index contributed by atoms with van der Waals surface area (Å²) in [5.74, 6) is -2.48. The van der Waals surface area contributed by atoms with Gasteiger partial charge in [-0.05, 0) is 51.9 Å². The number of carbonyl (C=O) groups excluding carboxylic acids is 2. The highest BCUT2D eigenvalue weighted by molar-refractivity contribution is 5.86. The minimum absolute atomic E-state index is 0.145. The van der Waals surface area contributed by atoms with E-state index in [-0.39, 0.29) is 19.3 Å². The minimum atomic E-state index is -1.09. The molecule has 0 spiro atoms. The molecular formula is C25H36O5. The highest BCUT2D eigenvalue weighted by atomic mass is 16.6. The molecule has 0 fully saturated rings. The second-order valence-electron chi connectivity index (χ2n) is 6.89. The van der Waals surface area contributed by atoms with E-state index < -0.39 is 17.9 Å². The molecule has 0 aliphatic heterocycles. The molecule has 0 unspecified atom stereocenters. The number of aliphatic carboxylic acids is 1. The van der Waals surface area contributed by atoms with E-state index in [2.05, 4.69) is 61.1 Å². The Labute approximate surface area is 180 Å². The van der Waals surface area contributed by atoms with E-state index in [0.29, 0.717) is 6.42 Å². The van der Waals surface area contributed by atoms with E-state index in [1.54, 1.807) is 0 Å². The number of allylic oxidation sites excluding steroid dienone is 10. The Bertz CT molecular complexity index is 650. The molecule has 0 aliphatic carbocycles. The van der Waals surface area contributed by atoms with E-state index in [9.17, 15) is 14.4 Å². The first-order chi connectivity index (χ1) is 14.5. The number of ether oxygens (including phenoxy) is 1. The van der Waals surface area contributed by atoms with Crippen molar-refractivity contribution in [1.82, 2.24) is 0 Å². The lowest BCUT2D eigenvalue weighted by atomic mass is 10.1. The summed E-state index contributed by atoms with van der Waals surface area (Å²) >= 11 is 0. The molecule has 0 aromatic carbocycles. The zero-order chi connectivity index (χ0) is 22.5. The molecule has 0 saturated carbocycles. The molecule has 5 heteroatoms. The fourth-order valence-corrected chi connectivity index (χ4v) is 2.35. The second-order valence-corrected chi connectivity index (χ2v) is 6.89. The lowest BCUT2D eigenvalue weighted by Gasteiger charge is -2.00. The molecule has 0 aromatic heterocycles. The zero-order valence-electron chi connectivity index (χ0n) is 18.3. The number of carboxylic acids is 1. The molecule has 0 saturated heterocycles. The summed E-state index contributed by atoms with van der Waals surface area (Å²) < 4.78 is 4.55. The fourth-order valence-electron chi connectivity index (χ4n) is 2.35. The zero-order valence-corrected chi connectivity index (χ0v) is 18.3. The van der Waals surface area contributed by atoms with E-state index in [1.807, 2.05) is 12.2 Å². The molecule has 5 nitrogen and oxygen atoms in total. The van der Waals surface area contributed by atoms with Crippen molar-refractivity contribution in [3.8, 4) is 0 Å². The van der Waals surface area contributed by atoms with Crippen LogP contribution in [0.1, 0.15) is 78.1 Å². The topological polar surface area (TPSA) is 80.7 Å². The van der Waals surface area contributed by atoms with E-state index >= 15 is 0 Å². The predicted octanol–water partition coefficient (Wildman–Crippen LogP) is 6.23. The summed E-state index contributed by atoms with van der Waals surface area (Å²) in [4.78, 5) is 33.0. The Morgan fingerprint density at radius 3 is 2.07 bits per heavy atom. The van der Waals surface area contributed by atoms with Crippen molar-refractivity contribution in [3.63, 3.8) is 0 Å². The maximum absolute atomic E-state index is 11.5. The van der Waals surface area contributed by atoms with Gasteiger partial charge in [0, 0.05) is 6.42 Å². The molecule has 0 atom stereocenters. The second kappa shape index (κ2) is 19.6. The van der Waals surface area contributed by atoms with Gasteiger partial charge < -0.3 is 9.84 Å². The largest absolute Gasteiger partial charge is 0.481 e. The van der Waals surface area contributed by atoms with Gasteiger partial charge in [0.1, 0.15) is 0 Å². The van der Waals surface area contributed by atoms with Crippen molar-refractivity contribution >= 4 is 17.9 Å². The van der Waals surface area contributed by atoms with Crippen LogP contribution in [0.15, 0.2) is 60.3 Å². The Kier molecular flexibility index (Phi) is 17.9. The lowest BCUT2D eigenvalue weighted by Crippen LogP contribution is -2.13. The molecule has 1 N–H and O–H groups in total. The summed E-state index contributed by atoms with van der Waals surface area (Å²) in [7, 11) is 0. The maximum atomic E-state index is 11.5. The quantitative estimate of drug-likeness (QED) is 0.140. The van der Waals surface area contributed by atoms with Crippen LogP contribution in [-0.4, -0.2) is 23.0 Å². The first-order valence-electron chi connectivity index (χ1n) is 10.7. The van der Waals surface area contributed by atoms with Crippen molar-refractivity contribution in [3.05, 3.63) is 60.3 Å². The van der Waals surface area contributed by atoms with Crippen LogP contribution in [0.5, 0.6) is 0 Å². The van der Waals surface area contributed by atoms with Crippen LogP contribution in [0, 0.1) is 0 Å². The van der Waals surface area contributed by atoms with Crippen molar-refractivity contribution in [2.45, 2.75) is 78.1 Å². The Hall–Kier alpha value is -2.69. The third-order valence-electron chi connectivity index (χ3n) is 4.01. The first-order valence-corrected chi connectivity index (χ1v) is 10.7. The molecule has 166 valence electrons. The lowest BCUT2D eigenvalue weighted by molar-refractivity contribution is -0.161. The summed E-state index contributed by atoms with van der Waals surface area (Å²) in [6.45, 7) is 4.27. The van der Waals surface area contributed by atoms with Gasteiger partial charge >= 0.3 is 17.9 Å². The summed E-state index contributed by atoms with van der Waals surface area (Å²) in [5.41, 5.74) is 1.35. The van der Waals surface area contributed by atoms with Gasteiger partial charge in [-0.3, -0.25) is 14.4 Å². The van der Waals surface area contributed by atoms with Crippen molar-refractivity contribution in [2.24, 2.45) is 0 Å². The monoisotopic (exact) mass is 416 g/mol. The van der Waals surface area contributed by atoms with Gasteiger partial charge in [-0.1, -0.05) is 67.2 Å². The van der Waals surface area contributed by atoms with Crippen LogP contribution in [0.25, 0.3) is 0 Å². The number of hydrogen-bond acceptors (Lipinski definition) is 4. The number of esters is 2. The molecule has 0 radical (unpaired) electrons. The number of rotatable bonds is 16. The van der Waals surface area contributed by atoms with Crippen LogP contribution >= 0.6 is 0 Å². The fraction of sp³-hybridized carbons (Fsp3) is 0.480.